The van der Waals surface area contributed by atoms with Crippen LogP contribution in [0.5, 0.6) is 0 Å². The molecule has 0 aliphatic rings. The van der Waals surface area contributed by atoms with Crippen molar-refractivity contribution >= 4 is 21.6 Å². The zero-order valence-corrected chi connectivity index (χ0v) is 12.6. The summed E-state index contributed by atoms with van der Waals surface area (Å²) in [5, 5.41) is 2.68. The molecule has 0 radical (unpaired) electrons. The van der Waals surface area contributed by atoms with E-state index in [9.17, 15) is 17.6 Å². The van der Waals surface area contributed by atoms with Crippen molar-refractivity contribution in [1.29, 1.82) is 0 Å². The van der Waals surface area contributed by atoms with Crippen molar-refractivity contribution in [1.82, 2.24) is 5.32 Å². The van der Waals surface area contributed by atoms with Crippen LogP contribution in [-0.2, 0) is 14.8 Å². The fourth-order valence-corrected chi connectivity index (χ4v) is 2.43. The van der Waals surface area contributed by atoms with Crippen molar-refractivity contribution in [2.24, 2.45) is 0 Å². The van der Waals surface area contributed by atoms with Crippen molar-refractivity contribution in [2.45, 2.75) is 26.3 Å². The van der Waals surface area contributed by atoms with Crippen LogP contribution < -0.4 is 9.62 Å². The van der Waals surface area contributed by atoms with Gasteiger partial charge in [-0.2, -0.15) is 0 Å². The molecule has 1 unspecified atom stereocenters. The molecule has 5 nitrogen and oxygen atoms in total. The van der Waals surface area contributed by atoms with Crippen LogP contribution >= 0.6 is 0 Å². The van der Waals surface area contributed by atoms with Crippen molar-refractivity contribution in [2.75, 3.05) is 17.1 Å². The molecule has 0 heterocycles. The summed E-state index contributed by atoms with van der Waals surface area (Å²) in [6.07, 6.45) is 1.72. The topological polar surface area (TPSA) is 66.5 Å². The summed E-state index contributed by atoms with van der Waals surface area (Å²) >= 11 is 0. The van der Waals surface area contributed by atoms with Gasteiger partial charge in [0.2, 0.25) is 15.9 Å². The maximum Gasteiger partial charge on any atom is 0.240 e. The van der Waals surface area contributed by atoms with Gasteiger partial charge in [-0.25, -0.2) is 12.8 Å². The van der Waals surface area contributed by atoms with Gasteiger partial charge in [0.15, 0.2) is 0 Å². The van der Waals surface area contributed by atoms with E-state index in [-0.39, 0.29) is 18.3 Å². The minimum absolute atomic E-state index is 0.0450. The van der Waals surface area contributed by atoms with E-state index in [0.29, 0.717) is 0 Å². The lowest BCUT2D eigenvalue weighted by molar-refractivity contribution is -0.120. The summed E-state index contributed by atoms with van der Waals surface area (Å²) in [5.41, 5.74) is 0.131. The zero-order valence-electron chi connectivity index (χ0n) is 11.8. The molecule has 112 valence electrons. The number of carbonyl (C=O) groups excluding carboxylic acids is 1. The lowest BCUT2D eigenvalue weighted by atomic mass is 10.2. The summed E-state index contributed by atoms with van der Waals surface area (Å²) < 4.78 is 37.6. The molecule has 1 N–H and O–H groups in total. The molecule has 20 heavy (non-hydrogen) atoms. The first kappa shape index (κ1) is 16.4. The van der Waals surface area contributed by atoms with E-state index in [1.165, 1.54) is 18.2 Å². The Morgan fingerprint density at radius 3 is 2.60 bits per heavy atom. The molecule has 1 rings (SSSR count). The second kappa shape index (κ2) is 6.69. The van der Waals surface area contributed by atoms with Gasteiger partial charge in [-0.3, -0.25) is 9.10 Å². The molecule has 1 amide bonds. The van der Waals surface area contributed by atoms with Gasteiger partial charge in [-0.15, -0.1) is 0 Å². The fraction of sp³-hybridized carbons (Fsp3) is 0.462. The third-order valence-corrected chi connectivity index (χ3v) is 3.94. The highest BCUT2D eigenvalue weighted by atomic mass is 32.2. The molecule has 0 aliphatic heterocycles. The first-order chi connectivity index (χ1) is 9.24. The Bertz CT molecular complexity index is 575. The average Bonchev–Trinajstić information content (AvgIpc) is 2.34. The Morgan fingerprint density at radius 2 is 2.10 bits per heavy atom. The largest absolute Gasteiger partial charge is 0.352 e. The second-order valence-corrected chi connectivity index (χ2v) is 6.53. The van der Waals surface area contributed by atoms with Crippen LogP contribution in [0.25, 0.3) is 0 Å². The van der Waals surface area contributed by atoms with Gasteiger partial charge in [-0.1, -0.05) is 13.0 Å². The highest BCUT2D eigenvalue weighted by molar-refractivity contribution is 7.92. The van der Waals surface area contributed by atoms with Gasteiger partial charge in [0, 0.05) is 6.04 Å². The van der Waals surface area contributed by atoms with Gasteiger partial charge >= 0.3 is 0 Å². The number of benzene rings is 1. The van der Waals surface area contributed by atoms with Gasteiger partial charge in [0.05, 0.1) is 11.9 Å². The van der Waals surface area contributed by atoms with Crippen LogP contribution in [0.4, 0.5) is 10.1 Å². The number of anilines is 1. The first-order valence-corrected chi connectivity index (χ1v) is 8.11. The number of nitrogens with zero attached hydrogens (tertiary/aromatic N) is 1. The number of amides is 1. The van der Waals surface area contributed by atoms with Crippen molar-refractivity contribution < 1.29 is 17.6 Å². The van der Waals surface area contributed by atoms with E-state index >= 15 is 0 Å². The second-order valence-electron chi connectivity index (χ2n) is 4.63. The van der Waals surface area contributed by atoms with E-state index in [2.05, 4.69) is 5.32 Å². The van der Waals surface area contributed by atoms with Crippen LogP contribution in [0.2, 0.25) is 0 Å². The third-order valence-electron chi connectivity index (χ3n) is 2.80. The van der Waals surface area contributed by atoms with Crippen LogP contribution in [0.1, 0.15) is 20.3 Å². The number of nitrogens with one attached hydrogen (secondary N) is 1. The summed E-state index contributed by atoms with van der Waals surface area (Å²) in [5.74, 6) is -0.979. The Morgan fingerprint density at radius 1 is 1.45 bits per heavy atom. The number of carbonyl (C=O) groups is 1. The molecular weight excluding hydrogens is 283 g/mol. The molecule has 1 aromatic carbocycles. The van der Waals surface area contributed by atoms with E-state index in [1.54, 1.807) is 0 Å². The molecule has 0 aromatic heterocycles. The Balaban J connectivity index is 2.95. The SMILES string of the molecule is CCC(C)NC(=O)CN(c1cccc(F)c1)S(C)(=O)=O. The summed E-state index contributed by atoms with van der Waals surface area (Å²) in [6.45, 7) is 3.36. The van der Waals surface area contributed by atoms with E-state index in [4.69, 9.17) is 0 Å². The summed E-state index contributed by atoms with van der Waals surface area (Å²) in [7, 11) is -3.67. The highest BCUT2D eigenvalue weighted by Crippen LogP contribution is 2.18. The average molecular weight is 302 g/mol. The lowest BCUT2D eigenvalue weighted by Gasteiger charge is -2.22. The van der Waals surface area contributed by atoms with Crippen molar-refractivity contribution in [3.63, 3.8) is 0 Å². The number of hydrogen-bond acceptors (Lipinski definition) is 3. The van der Waals surface area contributed by atoms with E-state index in [1.807, 2.05) is 13.8 Å². The van der Waals surface area contributed by atoms with Crippen molar-refractivity contribution in [3.05, 3.63) is 30.1 Å². The summed E-state index contributed by atoms with van der Waals surface area (Å²) in [4.78, 5) is 11.8. The highest BCUT2D eigenvalue weighted by Gasteiger charge is 2.21. The van der Waals surface area contributed by atoms with Crippen LogP contribution in [0, 0.1) is 5.82 Å². The molecule has 0 aliphatic carbocycles. The molecular formula is C13H19FN2O3S. The van der Waals surface area contributed by atoms with Crippen LogP contribution in [0.15, 0.2) is 24.3 Å². The number of halogens is 1. The zero-order chi connectivity index (χ0) is 15.3. The molecule has 0 bridgehead atoms. The quantitative estimate of drug-likeness (QED) is 0.866. The molecule has 0 saturated heterocycles. The fourth-order valence-electron chi connectivity index (χ4n) is 1.58. The summed E-state index contributed by atoms with van der Waals surface area (Å²) in [6, 6.07) is 5.09. The molecule has 1 atom stereocenters. The minimum Gasteiger partial charge on any atom is -0.352 e. The number of sulfonamides is 1. The maximum absolute atomic E-state index is 13.2. The molecule has 1 aromatic rings. The maximum atomic E-state index is 13.2. The first-order valence-electron chi connectivity index (χ1n) is 6.26. The van der Waals surface area contributed by atoms with Gasteiger partial charge in [-0.05, 0) is 31.5 Å². The molecule has 0 spiro atoms. The number of hydrogen-bond donors (Lipinski definition) is 1. The van der Waals surface area contributed by atoms with Crippen molar-refractivity contribution in [3.8, 4) is 0 Å². The monoisotopic (exact) mass is 302 g/mol. The Hall–Kier alpha value is -1.63. The van der Waals surface area contributed by atoms with Gasteiger partial charge in [0.1, 0.15) is 12.4 Å². The van der Waals surface area contributed by atoms with Gasteiger partial charge in [0.25, 0.3) is 0 Å². The van der Waals surface area contributed by atoms with Crippen LogP contribution in [0.3, 0.4) is 0 Å². The lowest BCUT2D eigenvalue weighted by Crippen LogP contribution is -2.43. The molecule has 7 heteroatoms. The minimum atomic E-state index is -3.67. The Labute approximate surface area is 118 Å². The predicted molar refractivity (Wildman–Crippen MR) is 76.5 cm³/mol. The Kier molecular flexibility index (Phi) is 5.50. The predicted octanol–water partition coefficient (Wildman–Crippen LogP) is 1.51. The van der Waals surface area contributed by atoms with E-state index in [0.717, 1.165) is 23.0 Å². The number of rotatable bonds is 6. The standard InChI is InChI=1S/C13H19FN2O3S/c1-4-10(2)15-13(17)9-16(20(3,18)19)12-7-5-6-11(14)8-12/h5-8,10H,4,9H2,1-3H3,(H,15,17). The molecule has 0 fully saturated rings. The normalized spacial score (nSPS) is 12.8. The van der Waals surface area contributed by atoms with Crippen LogP contribution in [-0.4, -0.2) is 33.2 Å². The van der Waals surface area contributed by atoms with Gasteiger partial charge < -0.3 is 5.32 Å². The molecule has 0 saturated carbocycles. The smallest absolute Gasteiger partial charge is 0.240 e. The third kappa shape index (κ3) is 4.80. The van der Waals surface area contributed by atoms with E-state index < -0.39 is 21.7 Å².